The highest BCUT2D eigenvalue weighted by molar-refractivity contribution is 7.60. The Labute approximate surface area is 140 Å². The van der Waals surface area contributed by atoms with Crippen LogP contribution < -0.4 is 0 Å². The lowest BCUT2D eigenvalue weighted by Crippen LogP contribution is -2.51. The van der Waals surface area contributed by atoms with E-state index in [4.69, 9.17) is 0 Å². The second kappa shape index (κ2) is 5.41. The van der Waals surface area contributed by atoms with E-state index in [2.05, 4.69) is 34.6 Å². The molecule has 2 aliphatic heterocycles. The Morgan fingerprint density at radius 2 is 1.43 bits per heavy atom. The third-order valence-electron chi connectivity index (χ3n) is 5.44. The molecule has 1 saturated heterocycles. The predicted molar refractivity (Wildman–Crippen MR) is 95.6 cm³/mol. The van der Waals surface area contributed by atoms with Gasteiger partial charge in [0.25, 0.3) is 11.8 Å². The fourth-order valence-corrected chi connectivity index (χ4v) is 9.06. The zero-order valence-corrected chi connectivity index (χ0v) is 15.6. The Morgan fingerprint density at radius 3 is 1.83 bits per heavy atom. The number of fused-ring (bicyclic) bond motifs is 1. The van der Waals surface area contributed by atoms with Crippen LogP contribution in [0.2, 0.25) is 0 Å². The maximum absolute atomic E-state index is 12.8. The molecule has 0 radical (unpaired) electrons. The molecule has 0 aliphatic carbocycles. The molecule has 23 heavy (non-hydrogen) atoms. The Kier molecular flexibility index (Phi) is 3.92. The van der Waals surface area contributed by atoms with Gasteiger partial charge in [0, 0.05) is 6.04 Å². The van der Waals surface area contributed by atoms with Gasteiger partial charge in [-0.2, -0.15) is 0 Å². The number of carbonyl (C=O) groups excluding carboxylic acids is 2. The van der Waals surface area contributed by atoms with Gasteiger partial charge in [-0.25, -0.2) is 0 Å². The highest BCUT2D eigenvalue weighted by atomic mass is 31.1. The molecule has 2 heterocycles. The van der Waals surface area contributed by atoms with Crippen LogP contribution >= 0.6 is 7.92 Å². The fourth-order valence-electron chi connectivity index (χ4n) is 4.84. The maximum atomic E-state index is 12.8. The number of hydrogen-bond acceptors (Lipinski definition) is 2. The van der Waals surface area contributed by atoms with E-state index in [9.17, 15) is 9.59 Å². The van der Waals surface area contributed by atoms with Gasteiger partial charge >= 0.3 is 0 Å². The Morgan fingerprint density at radius 1 is 1.00 bits per heavy atom. The monoisotopic (exact) mass is 331 g/mol. The van der Waals surface area contributed by atoms with Crippen molar-refractivity contribution in [3.8, 4) is 0 Å². The number of nitrogens with zero attached hydrogens (tertiary/aromatic N) is 1. The molecular weight excluding hydrogens is 305 g/mol. The largest absolute Gasteiger partial charge is 0.271 e. The van der Waals surface area contributed by atoms with E-state index >= 15 is 0 Å². The SMILES string of the molecule is CCP1C(C)(C)CC(N2C(=O)c3ccccc3C2=O)CC1(C)C. The summed E-state index contributed by atoms with van der Waals surface area (Å²) in [7, 11) is -0.133. The van der Waals surface area contributed by atoms with Gasteiger partial charge in [-0.1, -0.05) is 54.7 Å². The van der Waals surface area contributed by atoms with E-state index in [1.165, 1.54) is 6.16 Å². The fraction of sp³-hybridized carbons (Fsp3) is 0.579. The van der Waals surface area contributed by atoms with Crippen molar-refractivity contribution in [2.24, 2.45) is 0 Å². The lowest BCUT2D eigenvalue weighted by atomic mass is 9.91. The highest BCUT2D eigenvalue weighted by Gasteiger charge is 2.51. The zero-order chi connectivity index (χ0) is 17.0. The van der Waals surface area contributed by atoms with Gasteiger partial charge in [0.15, 0.2) is 0 Å². The van der Waals surface area contributed by atoms with Gasteiger partial charge in [-0.3, -0.25) is 14.5 Å². The molecule has 0 bridgehead atoms. The molecule has 0 spiro atoms. The van der Waals surface area contributed by atoms with Gasteiger partial charge in [-0.15, -0.1) is 0 Å². The van der Waals surface area contributed by atoms with Crippen LogP contribution in [0.25, 0.3) is 0 Å². The van der Waals surface area contributed by atoms with Gasteiger partial charge in [0.05, 0.1) is 11.1 Å². The molecule has 3 nitrogen and oxygen atoms in total. The minimum Gasteiger partial charge on any atom is -0.271 e. The molecule has 2 amide bonds. The van der Waals surface area contributed by atoms with E-state index < -0.39 is 0 Å². The second-order valence-electron chi connectivity index (χ2n) is 7.96. The van der Waals surface area contributed by atoms with Crippen molar-refractivity contribution in [1.29, 1.82) is 0 Å². The van der Waals surface area contributed by atoms with E-state index in [1.54, 1.807) is 17.0 Å². The molecule has 4 heteroatoms. The van der Waals surface area contributed by atoms with Gasteiger partial charge in [0.1, 0.15) is 0 Å². The Bertz CT molecular complexity index is 612. The predicted octanol–water partition coefficient (Wildman–Crippen LogP) is 4.50. The molecule has 3 rings (SSSR count). The Hall–Kier alpha value is -1.21. The summed E-state index contributed by atoms with van der Waals surface area (Å²) < 4.78 is 0. The number of rotatable bonds is 2. The van der Waals surface area contributed by atoms with Crippen LogP contribution in [0.1, 0.15) is 68.2 Å². The zero-order valence-electron chi connectivity index (χ0n) is 14.7. The summed E-state index contributed by atoms with van der Waals surface area (Å²) in [6.07, 6.45) is 3.03. The maximum Gasteiger partial charge on any atom is 0.261 e. The minimum absolute atomic E-state index is 0.0118. The first-order chi connectivity index (χ1) is 10.7. The molecule has 1 fully saturated rings. The summed E-state index contributed by atoms with van der Waals surface area (Å²) in [6, 6.07) is 7.22. The van der Waals surface area contributed by atoms with Crippen LogP contribution in [-0.4, -0.2) is 39.2 Å². The van der Waals surface area contributed by atoms with Gasteiger partial charge in [0.2, 0.25) is 0 Å². The molecular formula is C19H26NO2P. The standard InChI is InChI=1S/C19H26NO2P/c1-6-23-18(2,3)11-13(12-19(23,4)5)20-16(21)14-9-7-8-10-15(14)17(20)22/h7-10,13H,6,11-12H2,1-5H3. The van der Waals surface area contributed by atoms with Crippen LogP contribution in [-0.2, 0) is 0 Å². The van der Waals surface area contributed by atoms with E-state index in [1.807, 2.05) is 12.1 Å². The lowest BCUT2D eigenvalue weighted by molar-refractivity contribution is 0.0545. The van der Waals surface area contributed by atoms with Crippen molar-refractivity contribution in [2.45, 2.75) is 63.8 Å². The van der Waals surface area contributed by atoms with Crippen molar-refractivity contribution in [1.82, 2.24) is 4.90 Å². The smallest absolute Gasteiger partial charge is 0.261 e. The number of carbonyl (C=O) groups is 2. The van der Waals surface area contributed by atoms with Crippen molar-refractivity contribution in [3.05, 3.63) is 35.4 Å². The second-order valence-corrected chi connectivity index (χ2v) is 11.9. The van der Waals surface area contributed by atoms with Crippen molar-refractivity contribution >= 4 is 19.7 Å². The summed E-state index contributed by atoms with van der Waals surface area (Å²) in [5, 5.41) is 0.373. The lowest BCUT2D eigenvalue weighted by Gasteiger charge is -2.53. The Balaban J connectivity index is 1.95. The van der Waals surface area contributed by atoms with Gasteiger partial charge in [-0.05, 0) is 41.4 Å². The quantitative estimate of drug-likeness (QED) is 0.591. The summed E-state index contributed by atoms with van der Waals surface area (Å²) in [4.78, 5) is 27.1. The van der Waals surface area contributed by atoms with Crippen molar-refractivity contribution < 1.29 is 9.59 Å². The summed E-state index contributed by atoms with van der Waals surface area (Å²) in [6.45, 7) is 11.5. The summed E-state index contributed by atoms with van der Waals surface area (Å²) >= 11 is 0. The third kappa shape index (κ3) is 2.54. The number of amides is 2. The van der Waals surface area contributed by atoms with E-state index in [0.29, 0.717) is 11.1 Å². The van der Waals surface area contributed by atoms with E-state index in [0.717, 1.165) is 12.8 Å². The summed E-state index contributed by atoms with van der Waals surface area (Å²) in [5.41, 5.74) is 1.13. The molecule has 2 aliphatic rings. The van der Waals surface area contributed by atoms with Crippen LogP contribution in [0.5, 0.6) is 0 Å². The van der Waals surface area contributed by atoms with Crippen molar-refractivity contribution in [3.63, 3.8) is 0 Å². The molecule has 0 saturated carbocycles. The molecule has 0 unspecified atom stereocenters. The first kappa shape index (κ1) is 16.6. The van der Waals surface area contributed by atoms with Crippen molar-refractivity contribution in [2.75, 3.05) is 6.16 Å². The van der Waals surface area contributed by atoms with Crippen LogP contribution in [0.15, 0.2) is 24.3 Å². The molecule has 1 aromatic rings. The molecule has 0 N–H and O–H groups in total. The average molecular weight is 331 g/mol. The molecule has 1 aromatic carbocycles. The summed E-state index contributed by atoms with van der Waals surface area (Å²) in [5.74, 6) is -0.213. The number of benzene rings is 1. The topological polar surface area (TPSA) is 37.4 Å². The van der Waals surface area contributed by atoms with Crippen LogP contribution in [0.3, 0.4) is 0 Å². The van der Waals surface area contributed by atoms with Gasteiger partial charge < -0.3 is 0 Å². The molecule has 124 valence electrons. The normalized spacial score (nSPS) is 28.8. The first-order valence-corrected chi connectivity index (χ1v) is 9.96. The molecule has 0 aromatic heterocycles. The minimum atomic E-state index is -0.133. The van der Waals surface area contributed by atoms with Crippen LogP contribution in [0, 0.1) is 0 Å². The highest BCUT2D eigenvalue weighted by Crippen LogP contribution is 2.66. The number of imide groups is 1. The first-order valence-electron chi connectivity index (χ1n) is 8.44. The van der Waals surface area contributed by atoms with E-state index in [-0.39, 0.29) is 36.1 Å². The molecule has 0 atom stereocenters. The average Bonchev–Trinajstić information content (AvgIpc) is 2.69. The number of hydrogen-bond donors (Lipinski definition) is 0. The third-order valence-corrected chi connectivity index (χ3v) is 9.36. The van der Waals surface area contributed by atoms with Crippen LogP contribution in [0.4, 0.5) is 0 Å².